The van der Waals surface area contributed by atoms with E-state index in [1.54, 1.807) is 0 Å². The highest BCUT2D eigenvalue weighted by molar-refractivity contribution is 6.24. The summed E-state index contributed by atoms with van der Waals surface area (Å²) >= 11 is 12.2. The van der Waals surface area contributed by atoms with Gasteiger partial charge in [0.2, 0.25) is 0 Å². The largest absolute Gasteiger partial charge is 0.372 e. The molecule has 0 rings (SSSR count). The standard InChI is InChI=1S/C10H20Cl2O/c1-7(9(3,4)11)13-8(2)10(5,6)12/h7-8H,1-6H3. The predicted octanol–water partition coefficient (Wildman–Crippen LogP) is 3.81. The zero-order valence-corrected chi connectivity index (χ0v) is 10.8. The first-order valence-corrected chi connectivity index (χ1v) is 5.34. The van der Waals surface area contributed by atoms with Crippen LogP contribution >= 0.6 is 23.2 Å². The Balaban J connectivity index is 4.15. The first-order chi connectivity index (χ1) is 5.55. The summed E-state index contributed by atoms with van der Waals surface area (Å²) in [6.07, 6.45) is -0.0237. The highest BCUT2D eigenvalue weighted by atomic mass is 35.5. The van der Waals surface area contributed by atoms with Crippen molar-refractivity contribution >= 4 is 23.2 Å². The molecule has 0 aliphatic heterocycles. The van der Waals surface area contributed by atoms with Crippen molar-refractivity contribution in [1.82, 2.24) is 0 Å². The number of ether oxygens (including phenoxy) is 1. The van der Waals surface area contributed by atoms with Crippen LogP contribution in [0.15, 0.2) is 0 Å². The zero-order chi connectivity index (χ0) is 10.9. The summed E-state index contributed by atoms with van der Waals surface area (Å²) in [6, 6.07) is 0. The second-order valence-corrected chi connectivity index (χ2v) is 6.50. The van der Waals surface area contributed by atoms with Crippen LogP contribution in [0.25, 0.3) is 0 Å². The Morgan fingerprint density at radius 2 is 1.08 bits per heavy atom. The van der Waals surface area contributed by atoms with Gasteiger partial charge in [0.25, 0.3) is 0 Å². The van der Waals surface area contributed by atoms with E-state index in [1.807, 2.05) is 41.5 Å². The van der Waals surface area contributed by atoms with Crippen molar-refractivity contribution in [3.05, 3.63) is 0 Å². The van der Waals surface area contributed by atoms with Gasteiger partial charge in [-0.2, -0.15) is 0 Å². The van der Waals surface area contributed by atoms with Gasteiger partial charge in [-0.05, 0) is 41.5 Å². The molecule has 0 saturated carbocycles. The number of alkyl halides is 2. The van der Waals surface area contributed by atoms with Crippen molar-refractivity contribution in [3.8, 4) is 0 Å². The fourth-order valence-electron chi connectivity index (χ4n) is 0.630. The summed E-state index contributed by atoms with van der Waals surface area (Å²) in [4.78, 5) is -0.702. The molecular formula is C10H20Cl2O. The first kappa shape index (κ1) is 13.5. The zero-order valence-electron chi connectivity index (χ0n) is 9.32. The third-order valence-corrected chi connectivity index (χ3v) is 2.96. The summed E-state index contributed by atoms with van der Waals surface area (Å²) in [5.74, 6) is 0. The summed E-state index contributed by atoms with van der Waals surface area (Å²) in [5.41, 5.74) is 0. The van der Waals surface area contributed by atoms with Crippen molar-refractivity contribution in [3.63, 3.8) is 0 Å². The second-order valence-electron chi connectivity index (χ2n) is 4.55. The van der Waals surface area contributed by atoms with Crippen LogP contribution in [0.4, 0.5) is 0 Å². The van der Waals surface area contributed by atoms with Crippen molar-refractivity contribution in [2.45, 2.75) is 63.5 Å². The van der Waals surface area contributed by atoms with E-state index in [4.69, 9.17) is 27.9 Å². The van der Waals surface area contributed by atoms with Crippen molar-refractivity contribution < 1.29 is 4.74 Å². The van der Waals surface area contributed by atoms with Crippen LogP contribution in [-0.2, 0) is 4.74 Å². The molecule has 0 fully saturated rings. The van der Waals surface area contributed by atoms with Gasteiger partial charge in [0.1, 0.15) is 0 Å². The highest BCUT2D eigenvalue weighted by Gasteiger charge is 2.30. The Kier molecular flexibility index (Phi) is 4.56. The van der Waals surface area contributed by atoms with Gasteiger partial charge in [0.05, 0.1) is 22.0 Å². The number of halogens is 2. The molecule has 0 amide bonds. The second kappa shape index (κ2) is 4.37. The van der Waals surface area contributed by atoms with Crippen LogP contribution in [0.1, 0.15) is 41.5 Å². The quantitative estimate of drug-likeness (QED) is 0.663. The molecule has 2 atom stereocenters. The normalized spacial score (nSPS) is 18.5. The van der Waals surface area contributed by atoms with Crippen LogP contribution < -0.4 is 0 Å². The van der Waals surface area contributed by atoms with E-state index in [1.165, 1.54) is 0 Å². The Hall–Kier alpha value is 0.540. The average molecular weight is 227 g/mol. The van der Waals surface area contributed by atoms with Gasteiger partial charge in [-0.15, -0.1) is 23.2 Å². The minimum absolute atomic E-state index is 0.0119. The van der Waals surface area contributed by atoms with Crippen molar-refractivity contribution in [1.29, 1.82) is 0 Å². The van der Waals surface area contributed by atoms with Gasteiger partial charge < -0.3 is 4.74 Å². The summed E-state index contributed by atoms with van der Waals surface area (Å²) in [6.45, 7) is 11.7. The van der Waals surface area contributed by atoms with Gasteiger partial charge in [-0.3, -0.25) is 0 Å². The molecule has 3 heteroatoms. The maximum atomic E-state index is 6.11. The highest BCUT2D eigenvalue weighted by Crippen LogP contribution is 2.27. The Bertz CT molecular complexity index is 137. The maximum absolute atomic E-state index is 6.11. The average Bonchev–Trinajstić information content (AvgIpc) is 1.82. The van der Waals surface area contributed by atoms with Crippen molar-refractivity contribution in [2.24, 2.45) is 0 Å². The molecule has 1 nitrogen and oxygen atoms in total. The van der Waals surface area contributed by atoms with Crippen LogP contribution in [-0.4, -0.2) is 22.0 Å². The lowest BCUT2D eigenvalue weighted by atomic mass is 10.1. The van der Waals surface area contributed by atoms with E-state index in [9.17, 15) is 0 Å². The van der Waals surface area contributed by atoms with E-state index in [2.05, 4.69) is 0 Å². The molecule has 0 saturated heterocycles. The Labute approximate surface area is 91.7 Å². The summed E-state index contributed by atoms with van der Waals surface area (Å²) < 4.78 is 5.72. The van der Waals surface area contributed by atoms with E-state index in [0.717, 1.165) is 0 Å². The van der Waals surface area contributed by atoms with Gasteiger partial charge in [-0.1, -0.05) is 0 Å². The summed E-state index contributed by atoms with van der Waals surface area (Å²) in [5, 5.41) is 0. The third kappa shape index (κ3) is 5.09. The number of hydrogen-bond acceptors (Lipinski definition) is 1. The number of rotatable bonds is 4. The molecule has 13 heavy (non-hydrogen) atoms. The predicted molar refractivity (Wildman–Crippen MR) is 59.9 cm³/mol. The van der Waals surface area contributed by atoms with Crippen LogP contribution in [0, 0.1) is 0 Å². The minimum atomic E-state index is -0.351. The fourth-order valence-corrected chi connectivity index (χ4v) is 0.733. The molecule has 0 heterocycles. The molecule has 0 bridgehead atoms. The van der Waals surface area contributed by atoms with Gasteiger partial charge >= 0.3 is 0 Å². The molecule has 0 aliphatic carbocycles. The number of hydrogen-bond donors (Lipinski definition) is 0. The SMILES string of the molecule is CC(OC(C)C(C)(C)Cl)C(C)(C)Cl. The molecule has 0 N–H and O–H groups in total. The van der Waals surface area contributed by atoms with Gasteiger partial charge in [-0.25, -0.2) is 0 Å². The molecule has 0 aromatic rings. The molecule has 80 valence electrons. The Morgan fingerprint density at radius 1 is 0.846 bits per heavy atom. The van der Waals surface area contributed by atoms with E-state index in [0.29, 0.717) is 0 Å². The van der Waals surface area contributed by atoms with Crippen LogP contribution in [0.3, 0.4) is 0 Å². The minimum Gasteiger partial charge on any atom is -0.372 e. The van der Waals surface area contributed by atoms with Crippen LogP contribution in [0.5, 0.6) is 0 Å². The molecular weight excluding hydrogens is 207 g/mol. The smallest absolute Gasteiger partial charge is 0.0737 e. The van der Waals surface area contributed by atoms with E-state index < -0.39 is 0 Å². The fraction of sp³-hybridized carbons (Fsp3) is 1.00. The topological polar surface area (TPSA) is 9.23 Å². The summed E-state index contributed by atoms with van der Waals surface area (Å²) in [7, 11) is 0. The maximum Gasteiger partial charge on any atom is 0.0737 e. The molecule has 2 unspecified atom stereocenters. The monoisotopic (exact) mass is 226 g/mol. The Morgan fingerprint density at radius 3 is 1.23 bits per heavy atom. The lowest BCUT2D eigenvalue weighted by Crippen LogP contribution is -2.39. The lowest BCUT2D eigenvalue weighted by Gasteiger charge is -2.33. The van der Waals surface area contributed by atoms with Gasteiger partial charge in [0.15, 0.2) is 0 Å². The molecule has 0 aromatic heterocycles. The van der Waals surface area contributed by atoms with E-state index in [-0.39, 0.29) is 22.0 Å². The molecule has 0 spiro atoms. The molecule has 0 radical (unpaired) electrons. The lowest BCUT2D eigenvalue weighted by molar-refractivity contribution is -0.0236. The third-order valence-electron chi connectivity index (χ3n) is 2.34. The van der Waals surface area contributed by atoms with E-state index >= 15 is 0 Å². The van der Waals surface area contributed by atoms with Crippen LogP contribution in [0.2, 0.25) is 0 Å². The van der Waals surface area contributed by atoms with Crippen molar-refractivity contribution in [2.75, 3.05) is 0 Å². The molecule has 0 aromatic carbocycles. The first-order valence-electron chi connectivity index (χ1n) is 4.58. The molecule has 0 aliphatic rings. The van der Waals surface area contributed by atoms with Gasteiger partial charge in [0, 0.05) is 0 Å².